The first-order valence-corrected chi connectivity index (χ1v) is 11.8. The molecule has 0 heterocycles. The monoisotopic (exact) mass is 594 g/mol. The molecular formula is C28H23F5N2O7. The summed E-state index contributed by atoms with van der Waals surface area (Å²) < 4.78 is 66.9. The van der Waals surface area contributed by atoms with Crippen LogP contribution in [0.5, 0.6) is 5.75 Å². The van der Waals surface area contributed by atoms with Crippen LogP contribution in [0.15, 0.2) is 60.7 Å². The Balaban J connectivity index is 0.000000347. The first kappa shape index (κ1) is 33.3. The van der Waals surface area contributed by atoms with Gasteiger partial charge in [-0.3, -0.25) is 19.2 Å². The highest BCUT2D eigenvalue weighted by molar-refractivity contribution is 6.04. The second kappa shape index (κ2) is 15.8. The molecule has 0 aliphatic rings. The second-order valence-electron chi connectivity index (χ2n) is 8.27. The van der Waals surface area contributed by atoms with E-state index in [4.69, 9.17) is 9.94 Å². The Labute approximate surface area is 235 Å². The minimum Gasteiger partial charge on any atom is -0.480 e. The first-order chi connectivity index (χ1) is 19.9. The molecule has 0 spiro atoms. The number of halogens is 5. The zero-order chi connectivity index (χ0) is 31.4. The van der Waals surface area contributed by atoms with Crippen LogP contribution in [0.2, 0.25) is 0 Å². The molecule has 2 atom stereocenters. The number of ether oxygens (including phenoxy) is 1. The van der Waals surface area contributed by atoms with E-state index in [1.807, 2.05) is 30.3 Å². The van der Waals surface area contributed by atoms with Crippen molar-refractivity contribution >= 4 is 29.4 Å². The number of esters is 1. The van der Waals surface area contributed by atoms with Gasteiger partial charge in [0.1, 0.15) is 18.0 Å². The largest absolute Gasteiger partial charge is 0.480 e. The number of hydroxylamine groups is 1. The number of carboxylic acids is 1. The van der Waals surface area contributed by atoms with Crippen LogP contribution in [-0.2, 0) is 30.6 Å². The number of nitrogens with one attached hydrogen (secondary N) is 2. The van der Waals surface area contributed by atoms with Gasteiger partial charge in [0.2, 0.25) is 40.7 Å². The van der Waals surface area contributed by atoms with Gasteiger partial charge >= 0.3 is 11.9 Å². The van der Waals surface area contributed by atoms with Gasteiger partial charge in [0.25, 0.3) is 0 Å². The van der Waals surface area contributed by atoms with Gasteiger partial charge in [-0.15, -0.1) is 0 Å². The SMILES string of the molecule is CC(=O)Oc1c(F)c(F)c(F)c(F)c1F.C[C@H](NC(=O)[C@@H](NOCc1ccccc1)C(=C=O)c1ccccc1)C(=O)O. The lowest BCUT2D eigenvalue weighted by molar-refractivity contribution is -0.142. The maximum Gasteiger partial charge on any atom is 0.325 e. The van der Waals surface area contributed by atoms with Crippen molar-refractivity contribution < 1.29 is 55.8 Å². The van der Waals surface area contributed by atoms with E-state index >= 15 is 0 Å². The number of hydrogen-bond donors (Lipinski definition) is 3. The highest BCUT2D eigenvalue weighted by Gasteiger charge is 2.29. The quantitative estimate of drug-likeness (QED) is 0.0613. The van der Waals surface area contributed by atoms with Crippen molar-refractivity contribution in [2.75, 3.05) is 0 Å². The topological polar surface area (TPSA) is 131 Å². The summed E-state index contributed by atoms with van der Waals surface area (Å²) >= 11 is 0. The van der Waals surface area contributed by atoms with Crippen LogP contribution in [0.1, 0.15) is 25.0 Å². The van der Waals surface area contributed by atoms with E-state index in [1.165, 1.54) is 6.92 Å². The zero-order valence-electron chi connectivity index (χ0n) is 21.9. The van der Waals surface area contributed by atoms with E-state index in [2.05, 4.69) is 15.5 Å². The molecule has 42 heavy (non-hydrogen) atoms. The van der Waals surface area contributed by atoms with Crippen LogP contribution in [0.3, 0.4) is 0 Å². The lowest BCUT2D eigenvalue weighted by atomic mass is 9.99. The van der Waals surface area contributed by atoms with Gasteiger partial charge in [0.05, 0.1) is 12.2 Å². The summed E-state index contributed by atoms with van der Waals surface area (Å²) in [5.74, 6) is -13.9. The molecule has 3 aromatic carbocycles. The summed E-state index contributed by atoms with van der Waals surface area (Å²) in [6.45, 7) is 2.24. The van der Waals surface area contributed by atoms with E-state index in [-0.39, 0.29) is 12.2 Å². The van der Waals surface area contributed by atoms with Crippen LogP contribution in [0.25, 0.3) is 5.57 Å². The lowest BCUT2D eigenvalue weighted by Crippen LogP contribution is -2.49. The third-order valence-electron chi connectivity index (χ3n) is 5.17. The number of hydrogen-bond acceptors (Lipinski definition) is 7. The molecule has 0 aromatic heterocycles. The van der Waals surface area contributed by atoms with Crippen molar-refractivity contribution in [3.05, 3.63) is 101 Å². The number of rotatable bonds is 10. The molecule has 9 nitrogen and oxygen atoms in total. The predicted molar refractivity (Wildman–Crippen MR) is 136 cm³/mol. The molecule has 3 N–H and O–H groups in total. The summed E-state index contributed by atoms with van der Waals surface area (Å²) in [4.78, 5) is 50.8. The minimum absolute atomic E-state index is 0.0127. The Hall–Kier alpha value is -4.91. The summed E-state index contributed by atoms with van der Waals surface area (Å²) in [7, 11) is 0. The van der Waals surface area contributed by atoms with Crippen LogP contribution < -0.4 is 15.5 Å². The van der Waals surface area contributed by atoms with Gasteiger partial charge in [0.15, 0.2) is 0 Å². The Morgan fingerprint density at radius 2 is 1.36 bits per heavy atom. The lowest BCUT2D eigenvalue weighted by Gasteiger charge is -2.20. The van der Waals surface area contributed by atoms with E-state index in [1.54, 1.807) is 36.3 Å². The first-order valence-electron chi connectivity index (χ1n) is 11.8. The zero-order valence-corrected chi connectivity index (χ0v) is 21.9. The molecule has 3 rings (SSSR count). The normalized spacial score (nSPS) is 11.7. The molecule has 0 unspecified atom stereocenters. The second-order valence-corrected chi connectivity index (χ2v) is 8.27. The number of benzene rings is 3. The van der Waals surface area contributed by atoms with E-state index in [0.29, 0.717) is 5.56 Å². The highest BCUT2D eigenvalue weighted by atomic mass is 19.2. The van der Waals surface area contributed by atoms with E-state index < -0.39 is 64.8 Å². The maximum atomic E-state index is 12.8. The number of carbonyl (C=O) groups excluding carboxylic acids is 3. The molecule has 0 saturated carbocycles. The fourth-order valence-electron chi connectivity index (χ4n) is 3.10. The van der Waals surface area contributed by atoms with E-state index in [0.717, 1.165) is 12.5 Å². The molecule has 0 bridgehead atoms. The van der Waals surface area contributed by atoms with E-state index in [9.17, 15) is 41.1 Å². The molecule has 0 saturated heterocycles. The average Bonchev–Trinajstić information content (AvgIpc) is 2.98. The molecular weight excluding hydrogens is 571 g/mol. The van der Waals surface area contributed by atoms with Crippen LogP contribution in [0, 0.1) is 29.1 Å². The van der Waals surface area contributed by atoms with Gasteiger partial charge in [-0.05, 0) is 18.1 Å². The Bertz CT molecular complexity index is 1440. The molecule has 14 heteroatoms. The summed E-state index contributed by atoms with van der Waals surface area (Å²) in [5, 5.41) is 11.3. The third-order valence-corrected chi connectivity index (χ3v) is 5.17. The fourth-order valence-corrected chi connectivity index (χ4v) is 3.10. The Morgan fingerprint density at radius 3 is 1.83 bits per heavy atom. The number of amides is 1. The van der Waals surface area contributed by atoms with Gasteiger partial charge in [-0.2, -0.15) is 14.3 Å². The van der Waals surface area contributed by atoms with Crippen LogP contribution >= 0.6 is 0 Å². The van der Waals surface area contributed by atoms with Crippen molar-refractivity contribution in [1.29, 1.82) is 0 Å². The summed E-state index contributed by atoms with van der Waals surface area (Å²) in [5.41, 5.74) is 3.91. The average molecular weight is 594 g/mol. The Kier molecular flexibility index (Phi) is 12.5. The maximum absolute atomic E-state index is 12.8. The Morgan fingerprint density at radius 1 is 0.857 bits per heavy atom. The molecule has 222 valence electrons. The third kappa shape index (κ3) is 9.06. The predicted octanol–water partition coefficient (Wildman–Crippen LogP) is 3.89. The summed E-state index contributed by atoms with van der Waals surface area (Å²) in [6, 6.07) is 15.4. The molecule has 0 fully saturated rings. The van der Waals surface area contributed by atoms with Crippen LogP contribution in [0.4, 0.5) is 22.0 Å². The van der Waals surface area contributed by atoms with Gasteiger partial charge in [-0.1, -0.05) is 60.7 Å². The minimum atomic E-state index is -2.30. The molecule has 1 amide bonds. The number of carbonyl (C=O) groups is 3. The standard InChI is InChI=1S/C20H20N2O5.C8H3F5O2/c1-14(20(25)26)21-19(24)18(17(12-23)16-10-6-3-7-11-16)22-27-13-15-8-4-2-5-9-15;1-2(14)15-8-6(12)4(10)3(9)5(11)7(8)13/h2-11,14,18,22H,13H2,1H3,(H,21,24)(H,25,26);1H3/t14-,18-;/m0./s1. The van der Waals surface area contributed by atoms with Crippen molar-refractivity contribution in [2.45, 2.75) is 32.5 Å². The number of carboxylic acid groups (broad SMARTS) is 1. The molecule has 3 aromatic rings. The van der Waals surface area contributed by atoms with Crippen molar-refractivity contribution in [3.63, 3.8) is 0 Å². The van der Waals surface area contributed by atoms with Crippen molar-refractivity contribution in [2.24, 2.45) is 0 Å². The fraction of sp³-hybridized carbons (Fsp3) is 0.179. The smallest absolute Gasteiger partial charge is 0.325 e. The van der Waals surface area contributed by atoms with Gasteiger partial charge in [0, 0.05) is 6.92 Å². The molecule has 0 radical (unpaired) electrons. The molecule has 0 aliphatic heterocycles. The van der Waals surface area contributed by atoms with Gasteiger partial charge < -0.3 is 15.2 Å². The van der Waals surface area contributed by atoms with Crippen molar-refractivity contribution in [1.82, 2.24) is 10.8 Å². The summed E-state index contributed by atoms with van der Waals surface area (Å²) in [6.07, 6.45) is 0. The van der Waals surface area contributed by atoms with Crippen molar-refractivity contribution in [3.8, 4) is 5.75 Å². The van der Waals surface area contributed by atoms with Gasteiger partial charge in [-0.25, -0.2) is 18.0 Å². The van der Waals surface area contributed by atoms with Crippen LogP contribution in [-0.4, -0.2) is 41.0 Å². The number of aliphatic carboxylic acids is 1. The molecule has 0 aliphatic carbocycles. The highest BCUT2D eigenvalue weighted by Crippen LogP contribution is 2.29.